The summed E-state index contributed by atoms with van der Waals surface area (Å²) in [7, 11) is -3.66. The molecule has 2 bridgehead atoms. The summed E-state index contributed by atoms with van der Waals surface area (Å²) < 4.78 is 71.3. The fourth-order valence-electron chi connectivity index (χ4n) is 4.39. The van der Waals surface area contributed by atoms with Crippen molar-refractivity contribution in [2.24, 2.45) is 0 Å². The summed E-state index contributed by atoms with van der Waals surface area (Å²) >= 11 is 0. The van der Waals surface area contributed by atoms with Crippen LogP contribution in [0.3, 0.4) is 0 Å². The first-order chi connectivity index (χ1) is 13.7. The van der Waals surface area contributed by atoms with Gasteiger partial charge in [-0.3, -0.25) is 0 Å². The summed E-state index contributed by atoms with van der Waals surface area (Å²) in [5, 5.41) is 3.20. The van der Waals surface area contributed by atoms with E-state index in [4.69, 9.17) is 0 Å². The van der Waals surface area contributed by atoms with Crippen molar-refractivity contribution in [1.82, 2.24) is 10.0 Å². The second-order valence-corrected chi connectivity index (χ2v) is 9.95. The second kappa shape index (κ2) is 8.49. The smallest absolute Gasteiger partial charge is 0.211 e. The SMILES string of the molecule is CCS(=O)(=O)NC1C(Cc2cc(F)cc(-c3ccccc3)c2F)NC2CC1(F)C2.Cl. The summed E-state index contributed by atoms with van der Waals surface area (Å²) in [6, 6.07) is 9.07. The van der Waals surface area contributed by atoms with Crippen LogP contribution in [-0.4, -0.2) is 38.0 Å². The molecule has 3 aliphatic rings. The van der Waals surface area contributed by atoms with Crippen molar-refractivity contribution in [2.75, 3.05) is 5.75 Å². The minimum Gasteiger partial charge on any atom is -0.309 e. The first-order valence-electron chi connectivity index (χ1n) is 9.69. The quantitative estimate of drug-likeness (QED) is 0.690. The number of nitrogens with one attached hydrogen (secondary N) is 2. The predicted molar refractivity (Wildman–Crippen MR) is 113 cm³/mol. The van der Waals surface area contributed by atoms with Gasteiger partial charge in [0.1, 0.15) is 17.3 Å². The minimum absolute atomic E-state index is 0. The van der Waals surface area contributed by atoms with Crippen molar-refractivity contribution in [3.8, 4) is 11.1 Å². The summed E-state index contributed by atoms with van der Waals surface area (Å²) in [4.78, 5) is 0. The zero-order valence-corrected chi connectivity index (χ0v) is 18.0. The van der Waals surface area contributed by atoms with E-state index in [9.17, 15) is 12.8 Å². The third-order valence-corrected chi connectivity index (χ3v) is 7.28. The number of hydrogen-bond donors (Lipinski definition) is 2. The fraction of sp³-hybridized carbons (Fsp3) is 0.429. The molecule has 2 saturated heterocycles. The Labute approximate surface area is 180 Å². The van der Waals surface area contributed by atoms with E-state index < -0.39 is 39.4 Å². The summed E-state index contributed by atoms with van der Waals surface area (Å²) in [6.07, 6.45) is 0.394. The molecule has 0 radical (unpaired) electrons. The van der Waals surface area contributed by atoms with E-state index >= 15 is 8.78 Å². The van der Waals surface area contributed by atoms with Crippen LogP contribution in [0.4, 0.5) is 13.2 Å². The molecule has 2 aromatic carbocycles. The first-order valence-corrected chi connectivity index (χ1v) is 11.3. The topological polar surface area (TPSA) is 58.2 Å². The van der Waals surface area contributed by atoms with Gasteiger partial charge in [0.05, 0.1) is 11.8 Å². The summed E-state index contributed by atoms with van der Waals surface area (Å²) in [5.41, 5.74) is -0.918. The number of hydrogen-bond acceptors (Lipinski definition) is 3. The van der Waals surface area contributed by atoms with E-state index in [1.807, 2.05) is 0 Å². The van der Waals surface area contributed by atoms with E-state index in [2.05, 4.69) is 10.0 Å². The molecule has 4 nitrogen and oxygen atoms in total. The summed E-state index contributed by atoms with van der Waals surface area (Å²) in [6.45, 7) is 1.47. The van der Waals surface area contributed by atoms with Gasteiger partial charge in [0.2, 0.25) is 10.0 Å². The lowest BCUT2D eigenvalue weighted by molar-refractivity contribution is -0.0568. The minimum atomic E-state index is -3.66. The van der Waals surface area contributed by atoms with E-state index in [-0.39, 0.29) is 54.6 Å². The molecule has 2 heterocycles. The maximum atomic E-state index is 15.2. The van der Waals surface area contributed by atoms with Crippen molar-refractivity contribution in [3.05, 3.63) is 59.7 Å². The Morgan fingerprint density at radius 2 is 1.83 bits per heavy atom. The molecule has 1 saturated carbocycles. The number of sulfonamides is 1. The molecule has 164 valence electrons. The van der Waals surface area contributed by atoms with Crippen LogP contribution in [-0.2, 0) is 16.4 Å². The van der Waals surface area contributed by atoms with Crippen LogP contribution in [0.5, 0.6) is 0 Å². The van der Waals surface area contributed by atoms with Crippen LogP contribution in [0.1, 0.15) is 25.3 Å². The highest BCUT2D eigenvalue weighted by Crippen LogP contribution is 2.45. The standard InChI is InChI=1S/C21H23F3N2O2S.ClH/c1-2-29(27,28)26-20-18(25-16-11-21(20,24)12-16)9-14-8-15(22)10-17(19(14)23)13-6-4-3-5-7-13;/h3-8,10,16,18,20,25-26H,2,9,11-12H2,1H3;1H. The molecule has 0 spiro atoms. The van der Waals surface area contributed by atoms with Gasteiger partial charge in [-0.25, -0.2) is 26.3 Å². The number of halogens is 4. The fourth-order valence-corrected chi connectivity index (χ4v) is 5.32. The van der Waals surface area contributed by atoms with E-state index in [0.29, 0.717) is 5.56 Å². The van der Waals surface area contributed by atoms with E-state index in [1.54, 1.807) is 30.3 Å². The molecule has 0 aromatic heterocycles. The van der Waals surface area contributed by atoms with Gasteiger partial charge in [-0.15, -0.1) is 12.4 Å². The van der Waals surface area contributed by atoms with Gasteiger partial charge in [0.25, 0.3) is 0 Å². The van der Waals surface area contributed by atoms with Gasteiger partial charge >= 0.3 is 0 Å². The predicted octanol–water partition coefficient (Wildman–Crippen LogP) is 3.75. The van der Waals surface area contributed by atoms with Crippen molar-refractivity contribution in [1.29, 1.82) is 0 Å². The Bertz CT molecular complexity index is 1010. The molecule has 30 heavy (non-hydrogen) atoms. The Morgan fingerprint density at radius 1 is 1.17 bits per heavy atom. The van der Waals surface area contributed by atoms with Crippen molar-refractivity contribution in [2.45, 2.75) is 50.0 Å². The van der Waals surface area contributed by atoms with Crippen LogP contribution in [0.2, 0.25) is 0 Å². The lowest BCUT2D eigenvalue weighted by Crippen LogP contribution is -2.75. The number of rotatable bonds is 6. The highest BCUT2D eigenvalue weighted by atomic mass is 35.5. The first kappa shape index (κ1) is 23.1. The van der Waals surface area contributed by atoms with Crippen LogP contribution >= 0.6 is 12.4 Å². The maximum Gasteiger partial charge on any atom is 0.211 e. The molecule has 3 fully saturated rings. The Morgan fingerprint density at radius 3 is 2.47 bits per heavy atom. The molecule has 5 rings (SSSR count). The molecule has 1 aliphatic carbocycles. The van der Waals surface area contributed by atoms with Gasteiger partial charge in [-0.1, -0.05) is 30.3 Å². The van der Waals surface area contributed by atoms with Crippen LogP contribution in [0.25, 0.3) is 11.1 Å². The van der Waals surface area contributed by atoms with Crippen molar-refractivity contribution in [3.63, 3.8) is 0 Å². The summed E-state index contributed by atoms with van der Waals surface area (Å²) in [5.74, 6) is -1.35. The normalized spacial score (nSPS) is 27.8. The van der Waals surface area contributed by atoms with Gasteiger partial charge in [-0.05, 0) is 49.4 Å². The second-order valence-electron chi connectivity index (χ2n) is 7.91. The highest BCUT2D eigenvalue weighted by Gasteiger charge is 2.58. The Hall–Kier alpha value is -1.61. The zero-order chi connectivity index (χ0) is 20.8. The van der Waals surface area contributed by atoms with Gasteiger partial charge in [0.15, 0.2) is 0 Å². The number of alkyl halides is 1. The molecule has 2 aromatic rings. The molecule has 9 heteroatoms. The third kappa shape index (κ3) is 4.37. The lowest BCUT2D eigenvalue weighted by atomic mass is 9.65. The highest BCUT2D eigenvalue weighted by molar-refractivity contribution is 7.89. The lowest BCUT2D eigenvalue weighted by Gasteiger charge is -2.56. The van der Waals surface area contributed by atoms with Crippen LogP contribution < -0.4 is 10.0 Å². The monoisotopic (exact) mass is 460 g/mol. The molecule has 2 N–H and O–H groups in total. The van der Waals surface area contributed by atoms with Crippen molar-refractivity contribution < 1.29 is 21.6 Å². The molecule has 0 amide bonds. The average molecular weight is 461 g/mol. The largest absolute Gasteiger partial charge is 0.309 e. The molecule has 2 atom stereocenters. The number of fused-ring (bicyclic) bond motifs is 2. The van der Waals surface area contributed by atoms with Crippen LogP contribution in [0.15, 0.2) is 42.5 Å². The molecule has 2 unspecified atom stereocenters. The Kier molecular flexibility index (Phi) is 6.53. The third-order valence-electron chi connectivity index (χ3n) is 5.90. The van der Waals surface area contributed by atoms with Gasteiger partial charge < -0.3 is 5.32 Å². The Balaban J connectivity index is 0.00000256. The van der Waals surface area contributed by atoms with Crippen LogP contribution in [0, 0.1) is 11.6 Å². The number of benzene rings is 2. The molecular weight excluding hydrogens is 437 g/mol. The van der Waals surface area contributed by atoms with Gasteiger partial charge in [-0.2, -0.15) is 0 Å². The molecule has 2 aliphatic heterocycles. The van der Waals surface area contributed by atoms with E-state index in [1.165, 1.54) is 6.92 Å². The molecular formula is C21H24ClF3N2O2S. The maximum absolute atomic E-state index is 15.2. The number of piperidine rings is 2. The zero-order valence-electron chi connectivity index (χ0n) is 16.4. The van der Waals surface area contributed by atoms with E-state index in [0.717, 1.165) is 12.1 Å². The van der Waals surface area contributed by atoms with Crippen molar-refractivity contribution >= 4 is 22.4 Å². The average Bonchev–Trinajstić information content (AvgIpc) is 2.66. The van der Waals surface area contributed by atoms with Gasteiger partial charge in [0, 0.05) is 17.6 Å².